The second-order valence-corrected chi connectivity index (χ2v) is 8.49. The first-order valence-corrected chi connectivity index (χ1v) is 11.4. The van der Waals surface area contributed by atoms with Crippen LogP contribution in [0.3, 0.4) is 0 Å². The maximum Gasteiger partial charge on any atom is 0.321 e. The van der Waals surface area contributed by atoms with Gasteiger partial charge in [0.2, 0.25) is 0 Å². The van der Waals surface area contributed by atoms with Gasteiger partial charge in [0, 0.05) is 31.0 Å². The third kappa shape index (κ3) is 6.82. The Morgan fingerprint density at radius 3 is 2.53 bits per heavy atom. The van der Waals surface area contributed by atoms with Crippen LogP contribution >= 0.6 is 0 Å². The van der Waals surface area contributed by atoms with Crippen LogP contribution in [0.25, 0.3) is 0 Å². The lowest BCUT2D eigenvalue weighted by Crippen LogP contribution is -2.45. The number of benzene rings is 2. The summed E-state index contributed by atoms with van der Waals surface area (Å²) in [5.41, 5.74) is 3.36. The molecule has 0 saturated carbocycles. The van der Waals surface area contributed by atoms with E-state index in [9.17, 15) is 14.4 Å². The molecule has 0 bridgehead atoms. The summed E-state index contributed by atoms with van der Waals surface area (Å²) in [6, 6.07) is 16.7. The van der Waals surface area contributed by atoms with Crippen LogP contribution in [0.15, 0.2) is 48.5 Å². The number of nitrogens with one attached hydrogen (secondary N) is 1. The van der Waals surface area contributed by atoms with Gasteiger partial charge in [0.15, 0.2) is 6.61 Å². The lowest BCUT2D eigenvalue weighted by atomic mass is 9.98. The van der Waals surface area contributed by atoms with Gasteiger partial charge < -0.3 is 19.9 Å². The van der Waals surface area contributed by atoms with Crippen LogP contribution in [-0.2, 0) is 14.3 Å². The zero-order chi connectivity index (χ0) is 24.5. The number of amides is 3. The monoisotopic (exact) mass is 462 g/mol. The largest absolute Gasteiger partial charge is 0.455 e. The molecule has 1 unspecified atom stereocenters. The number of anilines is 2. The summed E-state index contributed by atoms with van der Waals surface area (Å²) in [6.07, 6.45) is 1.44. The zero-order valence-electron chi connectivity index (χ0n) is 19.6. The van der Waals surface area contributed by atoms with Crippen LogP contribution < -0.4 is 10.2 Å². The van der Waals surface area contributed by atoms with Crippen molar-refractivity contribution in [3.63, 3.8) is 0 Å². The van der Waals surface area contributed by atoms with Crippen LogP contribution in [0, 0.1) is 31.1 Å². The van der Waals surface area contributed by atoms with Gasteiger partial charge in [-0.15, -0.1) is 0 Å². The number of hydrogen-bond acceptors (Lipinski definition) is 5. The fourth-order valence-corrected chi connectivity index (χ4v) is 4.07. The van der Waals surface area contributed by atoms with Crippen molar-refractivity contribution in [2.75, 3.05) is 36.5 Å². The van der Waals surface area contributed by atoms with Crippen molar-refractivity contribution in [2.45, 2.75) is 33.1 Å². The number of hydrogen-bond donors (Lipinski definition) is 1. The highest BCUT2D eigenvalue weighted by atomic mass is 16.5. The molecule has 1 fully saturated rings. The van der Waals surface area contributed by atoms with Gasteiger partial charge in [0.05, 0.1) is 18.4 Å². The van der Waals surface area contributed by atoms with Gasteiger partial charge in [-0.05, 0) is 62.1 Å². The molecule has 2 aromatic rings. The second kappa shape index (κ2) is 11.8. The first-order valence-electron chi connectivity index (χ1n) is 11.4. The quantitative estimate of drug-likeness (QED) is 0.626. The molecule has 1 heterocycles. The zero-order valence-corrected chi connectivity index (χ0v) is 19.6. The third-order valence-corrected chi connectivity index (χ3v) is 5.67. The van der Waals surface area contributed by atoms with Gasteiger partial charge in [-0.2, -0.15) is 5.26 Å². The molecule has 3 amide bonds. The maximum atomic E-state index is 12.9. The fraction of sp³-hybridized carbons (Fsp3) is 0.385. The number of carbonyl (C=O) groups excluding carboxylic acids is 3. The van der Waals surface area contributed by atoms with Gasteiger partial charge in [-0.1, -0.05) is 24.3 Å². The van der Waals surface area contributed by atoms with E-state index in [0.29, 0.717) is 30.8 Å². The Hall–Kier alpha value is -3.86. The molecule has 0 radical (unpaired) electrons. The number of esters is 1. The van der Waals surface area contributed by atoms with Crippen molar-refractivity contribution in [1.29, 1.82) is 5.26 Å². The Bertz CT molecular complexity index is 1040. The molecule has 1 aliphatic heterocycles. The number of carbonyl (C=O) groups is 3. The minimum Gasteiger partial charge on any atom is -0.455 e. The topological polar surface area (TPSA) is 103 Å². The van der Waals surface area contributed by atoms with E-state index in [1.165, 1.54) is 4.90 Å². The number of nitriles is 1. The van der Waals surface area contributed by atoms with E-state index in [1.807, 2.05) is 50.2 Å². The minimum atomic E-state index is -0.494. The molecular formula is C26H30N4O4. The molecule has 34 heavy (non-hydrogen) atoms. The Labute approximate surface area is 200 Å². The Kier molecular flexibility index (Phi) is 8.63. The molecule has 1 saturated heterocycles. The van der Waals surface area contributed by atoms with Gasteiger partial charge >= 0.3 is 12.0 Å². The molecule has 0 aliphatic carbocycles. The average molecular weight is 463 g/mol. The van der Waals surface area contributed by atoms with Crippen LogP contribution in [-0.4, -0.2) is 49.0 Å². The molecule has 3 rings (SSSR count). The minimum absolute atomic E-state index is 0.167. The van der Waals surface area contributed by atoms with E-state index in [0.717, 1.165) is 11.1 Å². The van der Waals surface area contributed by atoms with Gasteiger partial charge in [-0.3, -0.25) is 9.59 Å². The molecule has 1 atom stereocenters. The highest BCUT2D eigenvalue weighted by molar-refractivity contribution is 5.95. The lowest BCUT2D eigenvalue weighted by molar-refractivity contribution is -0.153. The van der Waals surface area contributed by atoms with E-state index in [2.05, 4.69) is 11.4 Å². The second-order valence-electron chi connectivity index (χ2n) is 8.49. The molecule has 1 aliphatic rings. The average Bonchev–Trinajstić information content (AvgIpc) is 2.83. The van der Waals surface area contributed by atoms with E-state index in [1.54, 1.807) is 17.0 Å². The Morgan fingerprint density at radius 2 is 1.85 bits per heavy atom. The van der Waals surface area contributed by atoms with E-state index in [-0.39, 0.29) is 31.4 Å². The Balaban J connectivity index is 1.57. The summed E-state index contributed by atoms with van der Waals surface area (Å²) in [7, 11) is 0. The standard InChI is InChI=1S/C26H30N4O4/c1-19-14-20(2)16-23(15-19)30(13-7-11-27)24(31)18-34-25(32)21-8-6-12-29(17-21)26(33)28-22-9-4-3-5-10-22/h3-5,9-10,14-16,21H,6-8,12-13,17-18H2,1-2H3,(H,28,33). The summed E-state index contributed by atoms with van der Waals surface area (Å²) in [4.78, 5) is 41.3. The van der Waals surface area contributed by atoms with Crippen molar-refractivity contribution in [3.8, 4) is 6.07 Å². The predicted molar refractivity (Wildman–Crippen MR) is 129 cm³/mol. The smallest absolute Gasteiger partial charge is 0.321 e. The lowest BCUT2D eigenvalue weighted by Gasteiger charge is -2.31. The molecule has 8 nitrogen and oxygen atoms in total. The van der Waals surface area contributed by atoms with Crippen LogP contribution in [0.2, 0.25) is 0 Å². The molecule has 178 valence electrons. The highest BCUT2D eigenvalue weighted by Gasteiger charge is 2.30. The number of piperidine rings is 1. The van der Waals surface area contributed by atoms with E-state index >= 15 is 0 Å². The van der Waals surface area contributed by atoms with Crippen LogP contribution in [0.4, 0.5) is 16.2 Å². The fourth-order valence-electron chi connectivity index (χ4n) is 4.07. The predicted octanol–water partition coefficient (Wildman–Crippen LogP) is 4.04. The van der Waals surface area contributed by atoms with Crippen molar-refractivity contribution in [3.05, 3.63) is 59.7 Å². The highest BCUT2D eigenvalue weighted by Crippen LogP contribution is 2.21. The van der Waals surface area contributed by atoms with E-state index < -0.39 is 18.5 Å². The summed E-state index contributed by atoms with van der Waals surface area (Å²) < 4.78 is 5.36. The number of ether oxygens (including phenoxy) is 1. The van der Waals surface area contributed by atoms with Crippen molar-refractivity contribution in [2.24, 2.45) is 5.92 Å². The molecule has 0 aromatic heterocycles. The summed E-state index contributed by atoms with van der Waals surface area (Å²) >= 11 is 0. The first kappa shape index (κ1) is 24.8. The van der Waals surface area contributed by atoms with Crippen LogP contribution in [0.1, 0.15) is 30.4 Å². The van der Waals surface area contributed by atoms with Crippen molar-refractivity contribution >= 4 is 29.3 Å². The van der Waals surface area contributed by atoms with Gasteiger partial charge in [0.1, 0.15) is 0 Å². The number of para-hydroxylation sites is 1. The SMILES string of the molecule is Cc1cc(C)cc(N(CCC#N)C(=O)COC(=O)C2CCCN(C(=O)Nc3ccccc3)C2)c1. The number of urea groups is 1. The van der Waals surface area contributed by atoms with Crippen LogP contribution in [0.5, 0.6) is 0 Å². The van der Waals surface area contributed by atoms with E-state index in [4.69, 9.17) is 10.00 Å². The van der Waals surface area contributed by atoms with Gasteiger partial charge in [-0.25, -0.2) is 4.79 Å². The van der Waals surface area contributed by atoms with Gasteiger partial charge in [0.25, 0.3) is 5.91 Å². The summed E-state index contributed by atoms with van der Waals surface area (Å²) in [5, 5.41) is 11.8. The Morgan fingerprint density at radius 1 is 1.15 bits per heavy atom. The number of rotatable bonds is 7. The third-order valence-electron chi connectivity index (χ3n) is 5.67. The first-order chi connectivity index (χ1) is 16.4. The van der Waals surface area contributed by atoms with Crippen molar-refractivity contribution < 1.29 is 19.1 Å². The molecule has 2 aromatic carbocycles. The maximum absolute atomic E-state index is 12.9. The van der Waals surface area contributed by atoms with Crippen molar-refractivity contribution in [1.82, 2.24) is 4.90 Å². The molecule has 8 heteroatoms. The number of likely N-dealkylation sites (tertiary alicyclic amines) is 1. The summed E-state index contributed by atoms with van der Waals surface area (Å²) in [6.45, 7) is 4.46. The summed E-state index contributed by atoms with van der Waals surface area (Å²) in [5.74, 6) is -1.37. The molecule has 1 N–H and O–H groups in total. The molecular weight excluding hydrogens is 432 g/mol. The normalized spacial score (nSPS) is 15.2. The number of nitrogens with zero attached hydrogens (tertiary/aromatic N) is 3. The number of aryl methyl sites for hydroxylation is 2. The molecule has 0 spiro atoms.